The minimum atomic E-state index is -5.06. The Balaban J connectivity index is 0.00000271. The number of halogens is 2. The van der Waals surface area contributed by atoms with Gasteiger partial charge in [0.2, 0.25) is 34.4 Å². The first-order valence-corrected chi connectivity index (χ1v) is 18.3. The molecule has 6 aromatic rings. The third-order valence-electron chi connectivity index (χ3n) is 6.81. The fraction of sp³-hybridized carbons (Fsp3) is 0. The van der Waals surface area contributed by atoms with Crippen molar-refractivity contribution >= 4 is 102 Å². The summed E-state index contributed by atoms with van der Waals surface area (Å²) in [6, 6.07) is 25.7. The Hall–Kier alpha value is -4.76. The number of aromatic nitrogens is 6. The van der Waals surface area contributed by atoms with Crippen molar-refractivity contribution in [3.05, 3.63) is 119 Å². The molecule has 0 fully saturated rings. The van der Waals surface area contributed by atoms with E-state index in [2.05, 4.69) is 51.2 Å². The van der Waals surface area contributed by atoms with Gasteiger partial charge in [-0.2, -0.15) is 38.3 Å². The molecule has 21 heteroatoms. The second kappa shape index (κ2) is 16.9. The number of nitrogens with zero attached hydrogens (tertiary/aromatic N) is 6. The van der Waals surface area contributed by atoms with E-state index in [0.29, 0.717) is 11.4 Å². The molecular weight excluding hydrogens is 778 g/mol. The first-order valence-electron chi connectivity index (χ1n) is 14.7. The number of para-hydroxylation sites is 2. The monoisotopic (exact) mass is 802 g/mol. The Morgan fingerprint density at radius 3 is 1.30 bits per heavy atom. The summed E-state index contributed by atoms with van der Waals surface area (Å²) in [7, 11) is -9.89. The van der Waals surface area contributed by atoms with Crippen molar-refractivity contribution in [2.75, 3.05) is 21.3 Å². The number of anilines is 8. The molecule has 0 bridgehead atoms. The van der Waals surface area contributed by atoms with Crippen molar-refractivity contribution in [1.82, 2.24) is 29.9 Å². The van der Waals surface area contributed by atoms with E-state index < -0.39 is 30.0 Å². The molecule has 16 nitrogen and oxygen atoms in total. The van der Waals surface area contributed by atoms with Crippen LogP contribution in [-0.4, -0.2) is 55.8 Å². The molecule has 0 radical (unpaired) electrons. The average Bonchev–Trinajstić information content (AvgIpc) is 3.07. The first-order chi connectivity index (χ1) is 24.8. The van der Waals surface area contributed by atoms with Crippen LogP contribution in [0.3, 0.4) is 0 Å². The van der Waals surface area contributed by atoms with E-state index in [1.807, 2.05) is 12.1 Å². The topological polar surface area (TPSA) is 237 Å². The van der Waals surface area contributed by atoms with E-state index in [4.69, 9.17) is 23.2 Å². The van der Waals surface area contributed by atoms with Crippen molar-refractivity contribution in [1.29, 1.82) is 0 Å². The Bertz CT molecular complexity index is 2360. The van der Waals surface area contributed by atoms with Gasteiger partial charge in [-0.25, -0.2) is 8.42 Å². The molecule has 0 atom stereocenters. The Labute approximate surface area is 338 Å². The van der Waals surface area contributed by atoms with E-state index in [-0.39, 0.29) is 89.3 Å². The van der Waals surface area contributed by atoms with Crippen LogP contribution >= 0.6 is 23.2 Å². The molecule has 2 heterocycles. The molecule has 0 amide bonds. The number of nitrogens with one attached hydrogen (secondary N) is 4. The van der Waals surface area contributed by atoms with Crippen LogP contribution in [0.25, 0.3) is 12.2 Å². The zero-order valence-corrected chi connectivity index (χ0v) is 32.3. The molecule has 0 aliphatic carbocycles. The molecule has 0 saturated heterocycles. The van der Waals surface area contributed by atoms with Crippen molar-refractivity contribution in [2.45, 2.75) is 9.79 Å². The predicted molar refractivity (Wildman–Crippen MR) is 198 cm³/mol. The van der Waals surface area contributed by atoms with Crippen LogP contribution in [0.2, 0.25) is 10.6 Å². The summed E-state index contributed by atoms with van der Waals surface area (Å²) in [5, 5.41) is 11.2. The largest absolute Gasteiger partial charge is 1.00 e. The Morgan fingerprint density at radius 2 is 0.925 bits per heavy atom. The minimum absolute atomic E-state index is 0. The zero-order chi connectivity index (χ0) is 36.9. The normalized spacial score (nSPS) is 11.5. The van der Waals surface area contributed by atoms with Gasteiger partial charge in [0.1, 0.15) is 15.0 Å². The number of rotatable bonds is 12. The van der Waals surface area contributed by atoms with Crippen LogP contribution in [-0.2, 0) is 20.2 Å². The third kappa shape index (κ3) is 10.9. The molecule has 0 saturated carbocycles. The molecule has 6 rings (SSSR count). The standard InChI is InChI=1S/C32H24Cl2N10O6S2.Na.H/c33-27-39-29(35-21-7-3-1-4-8-21)43-31(41-27)37-23-15-13-19(25(17-23)51(45,46)47)11-12-20-14-16-24(18-26(20)52(48,49)50)38-32-42-28(34)40-30(44-32)36-22-9-5-2-6-10-22;;/h1-18H,(H,45,46,47)(H,48,49,50)(H2,35,37,39,41,43)(H2,36,38,40,42,44);;/q;+1;-1. The summed E-state index contributed by atoms with van der Waals surface area (Å²) >= 11 is 12.1. The van der Waals surface area contributed by atoms with Gasteiger partial charge in [-0.05, 0) is 82.9 Å². The fourth-order valence-electron chi connectivity index (χ4n) is 4.60. The summed E-state index contributed by atoms with van der Waals surface area (Å²) in [6.45, 7) is 0. The van der Waals surface area contributed by atoms with Gasteiger partial charge in [-0.15, -0.1) is 0 Å². The van der Waals surface area contributed by atoms with Gasteiger partial charge in [-0.1, -0.05) is 60.7 Å². The zero-order valence-electron chi connectivity index (χ0n) is 29.1. The van der Waals surface area contributed by atoms with E-state index in [9.17, 15) is 25.9 Å². The van der Waals surface area contributed by atoms with Crippen molar-refractivity contribution in [2.24, 2.45) is 0 Å². The van der Waals surface area contributed by atoms with Gasteiger partial charge in [0, 0.05) is 22.7 Å². The van der Waals surface area contributed by atoms with Crippen molar-refractivity contribution < 1.29 is 58.4 Å². The van der Waals surface area contributed by atoms with Crippen LogP contribution in [0.4, 0.5) is 46.5 Å². The maximum atomic E-state index is 12.4. The van der Waals surface area contributed by atoms with Crippen LogP contribution in [0.5, 0.6) is 0 Å². The minimum Gasteiger partial charge on any atom is -1.00 e. The summed E-state index contributed by atoms with van der Waals surface area (Å²) < 4.78 is 71.8. The predicted octanol–water partition coefficient (Wildman–Crippen LogP) is 3.89. The van der Waals surface area contributed by atoms with Gasteiger partial charge in [0.25, 0.3) is 10.1 Å². The first kappa shape index (κ1) is 39.4. The Kier molecular flexibility index (Phi) is 12.6. The average molecular weight is 804 g/mol. The molecule has 0 aliphatic rings. The van der Waals surface area contributed by atoms with Crippen LogP contribution in [0.15, 0.2) is 107 Å². The second-order valence-corrected chi connectivity index (χ2v) is 13.9. The third-order valence-corrected chi connectivity index (χ3v) is 8.94. The molecule has 0 spiro atoms. The van der Waals surface area contributed by atoms with Gasteiger partial charge in [-0.3, -0.25) is 4.55 Å². The second-order valence-electron chi connectivity index (χ2n) is 10.5. The number of hydrogen-bond donors (Lipinski definition) is 5. The van der Waals surface area contributed by atoms with Crippen LogP contribution < -0.4 is 50.8 Å². The molecule has 0 aliphatic heterocycles. The van der Waals surface area contributed by atoms with Crippen LogP contribution in [0.1, 0.15) is 14.0 Å². The molecular formula is C32H25Cl2N10NaO6S2. The fourth-order valence-corrected chi connectivity index (χ4v) is 6.33. The van der Waals surface area contributed by atoms with Gasteiger partial charge in [0.15, 0.2) is 0 Å². The van der Waals surface area contributed by atoms with Gasteiger partial charge >= 0.3 is 31.0 Å². The quantitative estimate of drug-likeness (QED) is 0.0670. The molecule has 5 N–H and O–H groups in total. The van der Waals surface area contributed by atoms with E-state index in [1.165, 1.54) is 36.4 Å². The van der Waals surface area contributed by atoms with Gasteiger partial charge in [0.05, 0.1) is 4.90 Å². The Morgan fingerprint density at radius 1 is 0.566 bits per heavy atom. The summed E-state index contributed by atoms with van der Waals surface area (Å²) in [6.07, 6.45) is 2.43. The SMILES string of the molecule is O=S(=O)([O-])c1cc(Nc2nc(Cl)nc(Nc3ccccc3)n2)ccc1C=Cc1ccc(Nc2nc(Cl)nc(Nc3ccccc3)n2)cc1S(=O)(=O)O.[H+].[H-].[Na+]. The van der Waals surface area contributed by atoms with Crippen molar-refractivity contribution in [3.63, 3.8) is 0 Å². The smallest absolute Gasteiger partial charge is 1.00 e. The molecule has 0 unspecified atom stereocenters. The molecule has 53 heavy (non-hydrogen) atoms. The van der Waals surface area contributed by atoms with E-state index >= 15 is 0 Å². The maximum Gasteiger partial charge on any atom is 1.00 e. The van der Waals surface area contributed by atoms with Gasteiger partial charge < -0.3 is 27.2 Å². The molecule has 266 valence electrons. The summed E-state index contributed by atoms with van der Waals surface area (Å²) in [4.78, 5) is 23.3. The molecule has 2 aromatic heterocycles. The number of benzene rings is 4. The summed E-state index contributed by atoms with van der Waals surface area (Å²) in [5.41, 5.74) is 1.50. The molecule has 4 aromatic carbocycles. The van der Waals surface area contributed by atoms with E-state index in [1.54, 1.807) is 48.5 Å². The van der Waals surface area contributed by atoms with E-state index in [0.717, 1.165) is 12.1 Å². The van der Waals surface area contributed by atoms with Crippen LogP contribution in [0, 0.1) is 0 Å². The number of hydrogen-bond acceptors (Lipinski definition) is 15. The summed E-state index contributed by atoms with van der Waals surface area (Å²) in [5.74, 6) is 0.119. The maximum absolute atomic E-state index is 12.4. The van der Waals surface area contributed by atoms with Crippen molar-refractivity contribution in [3.8, 4) is 0 Å².